The fraction of sp³-hybridized carbons (Fsp3) is 0.769. The molecule has 1 aromatic heterocycles. The quantitative estimate of drug-likeness (QED) is 0.867. The van der Waals surface area contributed by atoms with Gasteiger partial charge in [-0.1, -0.05) is 6.42 Å². The summed E-state index contributed by atoms with van der Waals surface area (Å²) < 4.78 is 1.94. The number of piperidine rings is 1. The predicted octanol–water partition coefficient (Wildman–Crippen LogP) is 1.60. The molecule has 0 aliphatic carbocycles. The first-order valence-electron chi connectivity index (χ1n) is 6.59. The molecule has 0 bridgehead atoms. The molecule has 2 N–H and O–H groups in total. The molecule has 0 saturated carbocycles. The Bertz CT molecular complexity index is 371. The van der Waals surface area contributed by atoms with Crippen molar-refractivity contribution in [3.05, 3.63) is 17.5 Å². The molecule has 2 heterocycles. The largest absolute Gasteiger partial charge is 0.329 e. The van der Waals surface area contributed by atoms with Crippen LogP contribution >= 0.6 is 0 Å². The molecule has 17 heavy (non-hydrogen) atoms. The zero-order valence-corrected chi connectivity index (χ0v) is 11.2. The van der Waals surface area contributed by atoms with Gasteiger partial charge in [0.15, 0.2) is 0 Å². The molecule has 0 radical (unpaired) electrons. The SMILES string of the molecule is Cc1c(C(CN)N2CCCCC2C)cnn1C. The normalized spacial score (nSPS) is 23.9. The van der Waals surface area contributed by atoms with Gasteiger partial charge in [0.05, 0.1) is 12.2 Å². The monoisotopic (exact) mass is 236 g/mol. The summed E-state index contributed by atoms with van der Waals surface area (Å²) in [4.78, 5) is 2.55. The molecule has 0 amide bonds. The minimum Gasteiger partial charge on any atom is -0.329 e. The maximum absolute atomic E-state index is 6.00. The Morgan fingerprint density at radius 1 is 1.53 bits per heavy atom. The Kier molecular flexibility index (Phi) is 3.84. The van der Waals surface area contributed by atoms with Crippen LogP contribution in [-0.2, 0) is 7.05 Å². The first-order valence-corrected chi connectivity index (χ1v) is 6.59. The van der Waals surface area contributed by atoms with Crippen molar-refractivity contribution in [2.75, 3.05) is 13.1 Å². The van der Waals surface area contributed by atoms with E-state index in [9.17, 15) is 0 Å². The number of likely N-dealkylation sites (tertiary alicyclic amines) is 1. The van der Waals surface area contributed by atoms with Gasteiger partial charge in [0.2, 0.25) is 0 Å². The van der Waals surface area contributed by atoms with Gasteiger partial charge in [-0.15, -0.1) is 0 Å². The van der Waals surface area contributed by atoms with E-state index in [4.69, 9.17) is 5.73 Å². The summed E-state index contributed by atoms with van der Waals surface area (Å²) >= 11 is 0. The molecule has 4 heteroatoms. The first kappa shape index (κ1) is 12.6. The highest BCUT2D eigenvalue weighted by Gasteiger charge is 2.28. The Balaban J connectivity index is 2.23. The van der Waals surface area contributed by atoms with E-state index in [1.54, 1.807) is 0 Å². The lowest BCUT2D eigenvalue weighted by molar-refractivity contribution is 0.108. The minimum absolute atomic E-state index is 0.332. The molecule has 2 atom stereocenters. The Morgan fingerprint density at radius 2 is 2.29 bits per heavy atom. The molecular formula is C13H24N4. The Hall–Kier alpha value is -0.870. The summed E-state index contributed by atoms with van der Waals surface area (Å²) in [5, 5.41) is 4.34. The van der Waals surface area contributed by atoms with Crippen molar-refractivity contribution in [3.63, 3.8) is 0 Å². The minimum atomic E-state index is 0.332. The van der Waals surface area contributed by atoms with E-state index in [0.29, 0.717) is 18.6 Å². The van der Waals surface area contributed by atoms with Crippen molar-refractivity contribution in [1.82, 2.24) is 14.7 Å². The van der Waals surface area contributed by atoms with E-state index in [0.717, 1.165) is 6.54 Å². The van der Waals surface area contributed by atoms with Crippen molar-refractivity contribution in [1.29, 1.82) is 0 Å². The third-order valence-corrected chi connectivity index (χ3v) is 4.11. The molecule has 1 saturated heterocycles. The lowest BCUT2D eigenvalue weighted by atomic mass is 9.97. The van der Waals surface area contributed by atoms with Gasteiger partial charge in [0, 0.05) is 30.9 Å². The molecule has 2 unspecified atom stereocenters. The third kappa shape index (κ3) is 2.38. The van der Waals surface area contributed by atoms with Crippen LogP contribution < -0.4 is 5.73 Å². The average Bonchev–Trinajstić information content (AvgIpc) is 2.65. The van der Waals surface area contributed by atoms with E-state index in [1.807, 2.05) is 17.9 Å². The second-order valence-electron chi connectivity index (χ2n) is 5.14. The standard InChI is InChI=1S/C13H24N4/c1-10-6-4-5-7-17(10)13(8-14)12-9-15-16(3)11(12)2/h9-10,13H,4-8,14H2,1-3H3. The molecule has 1 aliphatic rings. The summed E-state index contributed by atoms with van der Waals surface area (Å²) in [5.74, 6) is 0. The number of hydrogen-bond donors (Lipinski definition) is 1. The van der Waals surface area contributed by atoms with E-state index >= 15 is 0 Å². The van der Waals surface area contributed by atoms with Crippen LogP contribution in [0.3, 0.4) is 0 Å². The summed E-state index contributed by atoms with van der Waals surface area (Å²) in [6, 6.07) is 0.968. The van der Waals surface area contributed by atoms with E-state index in [1.165, 1.54) is 30.5 Å². The second-order valence-corrected chi connectivity index (χ2v) is 5.14. The van der Waals surface area contributed by atoms with Gasteiger partial charge in [-0.05, 0) is 33.2 Å². The number of aromatic nitrogens is 2. The summed E-state index contributed by atoms with van der Waals surface area (Å²) in [5.41, 5.74) is 8.53. The fourth-order valence-electron chi connectivity index (χ4n) is 2.87. The molecule has 1 aliphatic heterocycles. The van der Waals surface area contributed by atoms with Gasteiger partial charge in [0.25, 0.3) is 0 Å². The molecule has 1 fully saturated rings. The smallest absolute Gasteiger partial charge is 0.0540 e. The van der Waals surface area contributed by atoms with Crippen LogP contribution in [0, 0.1) is 6.92 Å². The van der Waals surface area contributed by atoms with Crippen molar-refractivity contribution >= 4 is 0 Å². The van der Waals surface area contributed by atoms with Crippen LogP contribution in [0.15, 0.2) is 6.20 Å². The fourth-order valence-corrected chi connectivity index (χ4v) is 2.87. The van der Waals surface area contributed by atoms with Crippen LogP contribution in [0.4, 0.5) is 0 Å². The second kappa shape index (κ2) is 5.19. The van der Waals surface area contributed by atoms with Crippen LogP contribution in [0.25, 0.3) is 0 Å². The lowest BCUT2D eigenvalue weighted by Crippen LogP contribution is -2.43. The maximum Gasteiger partial charge on any atom is 0.0540 e. The number of aryl methyl sites for hydroxylation is 1. The van der Waals surface area contributed by atoms with Crippen molar-refractivity contribution in [2.45, 2.75) is 45.2 Å². The van der Waals surface area contributed by atoms with Crippen molar-refractivity contribution < 1.29 is 0 Å². The zero-order valence-electron chi connectivity index (χ0n) is 11.2. The highest BCUT2D eigenvalue weighted by Crippen LogP contribution is 2.29. The number of nitrogens with zero attached hydrogens (tertiary/aromatic N) is 3. The summed E-state index contributed by atoms with van der Waals surface area (Å²) in [6.07, 6.45) is 5.91. The Morgan fingerprint density at radius 3 is 2.82 bits per heavy atom. The molecule has 4 nitrogen and oxygen atoms in total. The predicted molar refractivity (Wildman–Crippen MR) is 69.8 cm³/mol. The Labute approximate surface area is 104 Å². The van der Waals surface area contributed by atoms with E-state index in [2.05, 4.69) is 23.8 Å². The molecule has 1 aromatic rings. The van der Waals surface area contributed by atoms with Crippen molar-refractivity contribution in [3.8, 4) is 0 Å². The van der Waals surface area contributed by atoms with Crippen molar-refractivity contribution in [2.24, 2.45) is 12.8 Å². The summed E-state index contributed by atoms with van der Waals surface area (Å²) in [6.45, 7) is 6.28. The van der Waals surface area contributed by atoms with Gasteiger partial charge in [0.1, 0.15) is 0 Å². The van der Waals surface area contributed by atoms with Gasteiger partial charge in [-0.3, -0.25) is 9.58 Å². The number of hydrogen-bond acceptors (Lipinski definition) is 3. The third-order valence-electron chi connectivity index (χ3n) is 4.11. The molecule has 0 aromatic carbocycles. The van der Waals surface area contributed by atoms with E-state index in [-0.39, 0.29) is 0 Å². The maximum atomic E-state index is 6.00. The van der Waals surface area contributed by atoms with Crippen LogP contribution in [-0.4, -0.2) is 33.8 Å². The van der Waals surface area contributed by atoms with Gasteiger partial charge in [-0.2, -0.15) is 5.10 Å². The number of rotatable bonds is 3. The highest BCUT2D eigenvalue weighted by molar-refractivity contribution is 5.21. The molecule has 96 valence electrons. The number of nitrogens with two attached hydrogens (primary N) is 1. The summed E-state index contributed by atoms with van der Waals surface area (Å²) in [7, 11) is 1.99. The van der Waals surface area contributed by atoms with Crippen LogP contribution in [0.5, 0.6) is 0 Å². The van der Waals surface area contributed by atoms with E-state index < -0.39 is 0 Å². The van der Waals surface area contributed by atoms with Gasteiger partial charge >= 0.3 is 0 Å². The van der Waals surface area contributed by atoms with Gasteiger partial charge < -0.3 is 5.73 Å². The highest BCUT2D eigenvalue weighted by atomic mass is 15.3. The lowest BCUT2D eigenvalue weighted by Gasteiger charge is -2.39. The van der Waals surface area contributed by atoms with Crippen LogP contribution in [0.2, 0.25) is 0 Å². The topological polar surface area (TPSA) is 47.1 Å². The zero-order chi connectivity index (χ0) is 12.4. The average molecular weight is 236 g/mol. The molecule has 2 rings (SSSR count). The molecular weight excluding hydrogens is 212 g/mol. The van der Waals surface area contributed by atoms with Crippen LogP contribution in [0.1, 0.15) is 43.5 Å². The first-order chi connectivity index (χ1) is 8.15. The van der Waals surface area contributed by atoms with Gasteiger partial charge in [-0.25, -0.2) is 0 Å². The molecule has 0 spiro atoms.